The summed E-state index contributed by atoms with van der Waals surface area (Å²) in [6.45, 7) is 6.67. The molecule has 1 saturated heterocycles. The van der Waals surface area contributed by atoms with Crippen LogP contribution in [-0.4, -0.2) is 53.7 Å². The number of aryl methyl sites for hydroxylation is 1. The molecule has 1 aromatic carbocycles. The number of aromatic nitrogens is 2. The van der Waals surface area contributed by atoms with Gasteiger partial charge in [-0.1, -0.05) is 17.7 Å². The summed E-state index contributed by atoms with van der Waals surface area (Å²) < 4.78 is 5.04. The molecule has 26 heavy (non-hydrogen) atoms. The lowest BCUT2D eigenvalue weighted by molar-refractivity contribution is 0.105. The van der Waals surface area contributed by atoms with Gasteiger partial charge in [0.25, 0.3) is 0 Å². The van der Waals surface area contributed by atoms with E-state index >= 15 is 0 Å². The lowest BCUT2D eigenvalue weighted by Gasteiger charge is -2.34. The minimum Gasteiger partial charge on any atom is -0.450 e. The second-order valence-corrected chi connectivity index (χ2v) is 6.41. The van der Waals surface area contributed by atoms with Crippen LogP contribution in [0.3, 0.4) is 0 Å². The lowest BCUT2D eigenvalue weighted by Crippen LogP contribution is -2.49. The molecule has 8 heteroatoms. The van der Waals surface area contributed by atoms with E-state index in [1.807, 2.05) is 38.1 Å². The van der Waals surface area contributed by atoms with Crippen LogP contribution in [0.15, 0.2) is 30.5 Å². The van der Waals surface area contributed by atoms with Crippen molar-refractivity contribution < 1.29 is 9.53 Å². The molecule has 0 bridgehead atoms. The Morgan fingerprint density at radius 3 is 2.73 bits per heavy atom. The zero-order valence-electron chi connectivity index (χ0n) is 14.9. The van der Waals surface area contributed by atoms with Crippen LogP contribution in [0.2, 0.25) is 5.02 Å². The van der Waals surface area contributed by atoms with Crippen LogP contribution < -0.4 is 10.2 Å². The maximum absolute atomic E-state index is 11.8. The molecule has 2 heterocycles. The van der Waals surface area contributed by atoms with Crippen molar-refractivity contribution in [3.05, 3.63) is 41.0 Å². The number of nitrogens with zero attached hydrogens (tertiary/aromatic N) is 4. The highest BCUT2D eigenvalue weighted by Crippen LogP contribution is 2.23. The number of carbonyl (C=O) groups is 1. The minimum absolute atomic E-state index is 0.264. The van der Waals surface area contributed by atoms with E-state index in [1.165, 1.54) is 0 Å². The van der Waals surface area contributed by atoms with Gasteiger partial charge in [-0.05, 0) is 37.6 Å². The topological polar surface area (TPSA) is 70.6 Å². The SMILES string of the molecule is CCOC(=O)N1CCN(c2nccc(Nc3ccc(C)c(Cl)c3)n2)CC1. The van der Waals surface area contributed by atoms with Crippen molar-refractivity contribution >= 4 is 35.1 Å². The fraction of sp³-hybridized carbons (Fsp3) is 0.389. The maximum atomic E-state index is 11.8. The first kappa shape index (κ1) is 18.3. The molecule has 1 amide bonds. The second-order valence-electron chi connectivity index (χ2n) is 6.00. The van der Waals surface area contributed by atoms with Gasteiger partial charge in [-0.2, -0.15) is 4.98 Å². The molecule has 1 aliphatic rings. The zero-order valence-corrected chi connectivity index (χ0v) is 15.7. The van der Waals surface area contributed by atoms with Gasteiger partial charge in [0, 0.05) is 43.1 Å². The van der Waals surface area contributed by atoms with Crippen molar-refractivity contribution in [1.82, 2.24) is 14.9 Å². The summed E-state index contributed by atoms with van der Waals surface area (Å²) in [5, 5.41) is 3.96. The first-order chi connectivity index (χ1) is 12.6. The molecular weight excluding hydrogens is 354 g/mol. The van der Waals surface area contributed by atoms with E-state index in [0.29, 0.717) is 49.6 Å². The van der Waals surface area contributed by atoms with Crippen molar-refractivity contribution in [2.45, 2.75) is 13.8 Å². The number of benzene rings is 1. The van der Waals surface area contributed by atoms with Gasteiger partial charge in [-0.25, -0.2) is 9.78 Å². The number of halogens is 1. The molecule has 2 aromatic rings. The summed E-state index contributed by atoms with van der Waals surface area (Å²) in [7, 11) is 0. The Labute approximate surface area is 157 Å². The molecule has 3 rings (SSSR count). The predicted molar refractivity (Wildman–Crippen MR) is 102 cm³/mol. The van der Waals surface area contributed by atoms with Gasteiger partial charge in [-0.3, -0.25) is 0 Å². The second kappa shape index (κ2) is 8.23. The number of anilines is 3. The minimum atomic E-state index is -0.264. The van der Waals surface area contributed by atoms with Crippen LogP contribution in [0.25, 0.3) is 0 Å². The Morgan fingerprint density at radius 2 is 2.04 bits per heavy atom. The fourth-order valence-corrected chi connectivity index (χ4v) is 2.87. The third-order valence-corrected chi connectivity index (χ3v) is 4.58. The van der Waals surface area contributed by atoms with E-state index in [9.17, 15) is 4.79 Å². The molecule has 1 fully saturated rings. The third kappa shape index (κ3) is 4.35. The number of piperazine rings is 1. The molecule has 0 spiro atoms. The molecule has 138 valence electrons. The van der Waals surface area contributed by atoms with Crippen molar-refractivity contribution in [2.75, 3.05) is 43.0 Å². The molecule has 0 radical (unpaired) electrons. The van der Waals surface area contributed by atoms with Gasteiger partial charge >= 0.3 is 6.09 Å². The summed E-state index contributed by atoms with van der Waals surface area (Å²) in [4.78, 5) is 24.5. The van der Waals surface area contributed by atoms with Gasteiger partial charge < -0.3 is 19.9 Å². The van der Waals surface area contributed by atoms with Crippen LogP contribution in [0.4, 0.5) is 22.2 Å². The number of hydrogen-bond donors (Lipinski definition) is 1. The van der Waals surface area contributed by atoms with Crippen LogP contribution in [0.5, 0.6) is 0 Å². The quantitative estimate of drug-likeness (QED) is 0.882. The van der Waals surface area contributed by atoms with Crippen molar-refractivity contribution in [3.63, 3.8) is 0 Å². The Bertz CT molecular complexity index is 778. The number of ether oxygens (including phenoxy) is 1. The van der Waals surface area contributed by atoms with E-state index in [-0.39, 0.29) is 6.09 Å². The van der Waals surface area contributed by atoms with Crippen LogP contribution in [0, 0.1) is 6.92 Å². The van der Waals surface area contributed by atoms with Crippen LogP contribution in [0.1, 0.15) is 12.5 Å². The first-order valence-corrected chi connectivity index (χ1v) is 8.97. The molecule has 0 atom stereocenters. The number of amides is 1. The van der Waals surface area contributed by atoms with Gasteiger partial charge in [0.15, 0.2) is 0 Å². The third-order valence-electron chi connectivity index (χ3n) is 4.18. The molecule has 0 aliphatic carbocycles. The van der Waals surface area contributed by atoms with E-state index < -0.39 is 0 Å². The van der Waals surface area contributed by atoms with Crippen molar-refractivity contribution in [1.29, 1.82) is 0 Å². The van der Waals surface area contributed by atoms with Crippen LogP contribution in [-0.2, 0) is 4.74 Å². The lowest BCUT2D eigenvalue weighted by atomic mass is 10.2. The maximum Gasteiger partial charge on any atom is 0.409 e. The van der Waals surface area contributed by atoms with Crippen molar-refractivity contribution in [2.24, 2.45) is 0 Å². The van der Waals surface area contributed by atoms with E-state index in [1.54, 1.807) is 11.1 Å². The normalized spacial score (nSPS) is 14.3. The highest BCUT2D eigenvalue weighted by Gasteiger charge is 2.23. The van der Waals surface area contributed by atoms with E-state index in [2.05, 4.69) is 20.2 Å². The standard InChI is InChI=1S/C18H22ClN5O2/c1-3-26-18(25)24-10-8-23(9-11-24)17-20-7-6-16(22-17)21-14-5-4-13(2)15(19)12-14/h4-7,12H,3,8-11H2,1-2H3,(H,20,21,22). The molecule has 1 N–H and O–H groups in total. The van der Waals surface area contributed by atoms with Gasteiger partial charge in [-0.15, -0.1) is 0 Å². The Kier molecular flexibility index (Phi) is 5.78. The summed E-state index contributed by atoms with van der Waals surface area (Å²) in [6.07, 6.45) is 1.46. The molecule has 1 aromatic heterocycles. The predicted octanol–water partition coefficient (Wildman–Crippen LogP) is 3.46. The summed E-state index contributed by atoms with van der Waals surface area (Å²) in [5.74, 6) is 1.33. The fourth-order valence-electron chi connectivity index (χ4n) is 2.69. The summed E-state index contributed by atoms with van der Waals surface area (Å²) in [6, 6.07) is 7.60. The number of carbonyl (C=O) groups excluding carboxylic acids is 1. The van der Waals surface area contributed by atoms with Gasteiger partial charge in [0.05, 0.1) is 6.61 Å². The summed E-state index contributed by atoms with van der Waals surface area (Å²) >= 11 is 6.17. The van der Waals surface area contributed by atoms with Gasteiger partial charge in [0.1, 0.15) is 5.82 Å². The highest BCUT2D eigenvalue weighted by atomic mass is 35.5. The Hall–Kier alpha value is -2.54. The summed E-state index contributed by atoms with van der Waals surface area (Å²) in [5.41, 5.74) is 1.90. The Balaban J connectivity index is 1.64. The molecule has 1 aliphatic heterocycles. The van der Waals surface area contributed by atoms with Crippen LogP contribution >= 0.6 is 11.6 Å². The zero-order chi connectivity index (χ0) is 18.5. The molecule has 0 unspecified atom stereocenters. The highest BCUT2D eigenvalue weighted by molar-refractivity contribution is 6.31. The smallest absolute Gasteiger partial charge is 0.409 e. The largest absolute Gasteiger partial charge is 0.450 e. The Morgan fingerprint density at radius 1 is 1.27 bits per heavy atom. The molecule has 7 nitrogen and oxygen atoms in total. The first-order valence-electron chi connectivity index (χ1n) is 8.59. The monoisotopic (exact) mass is 375 g/mol. The van der Waals surface area contributed by atoms with E-state index in [0.717, 1.165) is 11.3 Å². The van der Waals surface area contributed by atoms with Gasteiger partial charge in [0.2, 0.25) is 5.95 Å². The molecule has 0 saturated carbocycles. The number of hydrogen-bond acceptors (Lipinski definition) is 6. The molecular formula is C18H22ClN5O2. The number of rotatable bonds is 4. The van der Waals surface area contributed by atoms with Crippen molar-refractivity contribution in [3.8, 4) is 0 Å². The average Bonchev–Trinajstić information content (AvgIpc) is 2.65. The number of nitrogens with one attached hydrogen (secondary N) is 1. The average molecular weight is 376 g/mol. The van der Waals surface area contributed by atoms with E-state index in [4.69, 9.17) is 16.3 Å².